The molecule has 1 aliphatic rings. The van der Waals surface area contributed by atoms with Crippen LogP contribution in [-0.4, -0.2) is 24.4 Å². The third kappa shape index (κ3) is 2.46. The first-order valence-electron chi connectivity index (χ1n) is 3.21. The fraction of sp³-hybridized carbons (Fsp3) is 1.00. The first kappa shape index (κ1) is 8.92. The number of hydrogen-bond acceptors (Lipinski definition) is 3. The van der Waals surface area contributed by atoms with Crippen LogP contribution in [0.4, 0.5) is 0 Å². The largest absolute Gasteiger partial charge is 0.321 e. The lowest BCUT2D eigenvalue weighted by Gasteiger charge is -2.06. The summed E-state index contributed by atoms with van der Waals surface area (Å²) in [6.45, 7) is -1.60. The van der Waals surface area contributed by atoms with Gasteiger partial charge in [-0.3, -0.25) is 4.57 Å². The van der Waals surface area contributed by atoms with Crippen LogP contribution in [0.5, 0.6) is 0 Å². The highest BCUT2D eigenvalue weighted by Crippen LogP contribution is 2.62. The lowest BCUT2D eigenvalue weighted by atomic mass is 10.5. The fourth-order valence-electron chi connectivity index (χ4n) is 0.802. The fourth-order valence-corrected chi connectivity index (χ4v) is 5.29. The van der Waals surface area contributed by atoms with E-state index in [9.17, 15) is 4.57 Å². The van der Waals surface area contributed by atoms with Crippen LogP contribution in [0.3, 0.4) is 0 Å². The van der Waals surface area contributed by atoms with Crippen molar-refractivity contribution in [2.75, 3.05) is 24.4 Å². The molecule has 2 nitrogen and oxygen atoms in total. The second kappa shape index (κ2) is 4.01. The number of halogens is 1. The summed E-state index contributed by atoms with van der Waals surface area (Å²) in [6.07, 6.45) is 1.67. The van der Waals surface area contributed by atoms with E-state index in [1.807, 2.05) is 0 Å². The first-order valence-corrected chi connectivity index (χ1v) is 7.14. The smallest absolute Gasteiger partial charge is 0.257 e. The molecule has 10 heavy (non-hydrogen) atoms. The monoisotopic (exact) mass is 200 g/mol. The van der Waals surface area contributed by atoms with E-state index in [0.29, 0.717) is 12.5 Å². The van der Waals surface area contributed by atoms with Gasteiger partial charge in [0, 0.05) is 17.8 Å². The van der Waals surface area contributed by atoms with E-state index in [-0.39, 0.29) is 0 Å². The van der Waals surface area contributed by atoms with Gasteiger partial charge in [0.1, 0.15) is 0 Å². The van der Waals surface area contributed by atoms with Crippen molar-refractivity contribution in [3.05, 3.63) is 0 Å². The third-order valence-electron chi connectivity index (χ3n) is 1.23. The second-order valence-electron chi connectivity index (χ2n) is 2.04. The highest BCUT2D eigenvalue weighted by Gasteiger charge is 2.28. The molecule has 1 heterocycles. The van der Waals surface area contributed by atoms with Crippen molar-refractivity contribution < 1.29 is 9.09 Å². The molecule has 1 rings (SSSR count). The Labute approximate surface area is 69.9 Å². The summed E-state index contributed by atoms with van der Waals surface area (Å²) in [4.78, 5) is 0. The Morgan fingerprint density at radius 3 is 3.00 bits per heavy atom. The molecule has 5 heteroatoms. The summed E-state index contributed by atoms with van der Waals surface area (Å²) in [5, 5.41) is 0. The Hall–Kier alpha value is 0.830. The lowest BCUT2D eigenvalue weighted by Crippen LogP contribution is -1.81. The molecule has 1 fully saturated rings. The number of alkyl halides is 1. The normalized spacial score (nSPS) is 32.9. The predicted octanol–water partition coefficient (Wildman–Crippen LogP) is 2.57. The molecule has 0 radical (unpaired) electrons. The summed E-state index contributed by atoms with van der Waals surface area (Å²) >= 11 is 6.83. The van der Waals surface area contributed by atoms with E-state index in [4.69, 9.17) is 16.1 Å². The van der Waals surface area contributed by atoms with E-state index < -0.39 is 6.57 Å². The minimum Gasteiger partial charge on any atom is -0.321 e. The molecule has 0 aromatic carbocycles. The van der Waals surface area contributed by atoms with Crippen LogP contribution in [0.1, 0.15) is 6.42 Å². The maximum atomic E-state index is 11.5. The molecule has 0 N–H and O–H groups in total. The molecule has 0 aromatic rings. The zero-order chi connectivity index (χ0) is 7.45. The van der Waals surface area contributed by atoms with Crippen LogP contribution >= 0.6 is 29.6 Å². The van der Waals surface area contributed by atoms with Gasteiger partial charge in [-0.2, -0.15) is 0 Å². The molecule has 1 saturated heterocycles. The van der Waals surface area contributed by atoms with Crippen LogP contribution in [0.15, 0.2) is 0 Å². The number of hydrogen-bond donors (Lipinski definition) is 0. The molecule has 60 valence electrons. The van der Waals surface area contributed by atoms with E-state index in [2.05, 4.69) is 0 Å². The summed E-state index contributed by atoms with van der Waals surface area (Å²) in [5.74, 6) is 1.29. The summed E-state index contributed by atoms with van der Waals surface area (Å²) in [6, 6.07) is 0. The maximum Gasteiger partial charge on any atom is 0.257 e. The Kier molecular flexibility index (Phi) is 3.58. The standard InChI is InChI=1S/C5H10ClO2PS/c6-2-5-10-9(7)4-1-3-8-9/h1-5H2. The molecule has 0 amide bonds. The van der Waals surface area contributed by atoms with E-state index >= 15 is 0 Å². The van der Waals surface area contributed by atoms with Crippen LogP contribution in [-0.2, 0) is 9.09 Å². The quantitative estimate of drug-likeness (QED) is 0.518. The molecule has 1 unspecified atom stereocenters. The summed E-state index contributed by atoms with van der Waals surface area (Å²) in [5.41, 5.74) is 0. The molecule has 1 aliphatic heterocycles. The van der Waals surface area contributed by atoms with Crippen LogP contribution in [0, 0.1) is 0 Å². The molecule has 1 atom stereocenters. The Balaban J connectivity index is 2.29. The van der Waals surface area contributed by atoms with Gasteiger partial charge in [-0.15, -0.1) is 11.6 Å². The lowest BCUT2D eigenvalue weighted by molar-refractivity contribution is 0.361. The van der Waals surface area contributed by atoms with Gasteiger partial charge in [-0.25, -0.2) is 0 Å². The SMILES string of the molecule is O=P1(SCCCl)CCCO1. The molecular weight excluding hydrogens is 191 g/mol. The average molecular weight is 201 g/mol. The first-order chi connectivity index (χ1) is 4.77. The zero-order valence-electron chi connectivity index (χ0n) is 5.59. The maximum absolute atomic E-state index is 11.5. The highest BCUT2D eigenvalue weighted by molar-refractivity contribution is 8.56. The predicted molar refractivity (Wildman–Crippen MR) is 46.2 cm³/mol. The van der Waals surface area contributed by atoms with Crippen molar-refractivity contribution in [2.24, 2.45) is 0 Å². The van der Waals surface area contributed by atoms with Crippen LogP contribution in [0.25, 0.3) is 0 Å². The third-order valence-corrected chi connectivity index (χ3v) is 6.45. The van der Waals surface area contributed by atoms with E-state index in [1.165, 1.54) is 11.4 Å². The average Bonchev–Trinajstić information content (AvgIpc) is 2.33. The van der Waals surface area contributed by atoms with Crippen molar-refractivity contribution in [3.8, 4) is 0 Å². The van der Waals surface area contributed by atoms with Crippen molar-refractivity contribution in [3.63, 3.8) is 0 Å². The Bertz CT molecular complexity index is 143. The molecule has 0 aromatic heterocycles. The molecule has 0 spiro atoms. The van der Waals surface area contributed by atoms with Crippen molar-refractivity contribution in [2.45, 2.75) is 6.42 Å². The van der Waals surface area contributed by atoms with Gasteiger partial charge in [-0.1, -0.05) is 11.4 Å². The molecule has 0 bridgehead atoms. The second-order valence-corrected chi connectivity index (χ2v) is 7.46. The Morgan fingerprint density at radius 1 is 1.70 bits per heavy atom. The van der Waals surface area contributed by atoms with Crippen molar-refractivity contribution in [1.29, 1.82) is 0 Å². The van der Waals surface area contributed by atoms with Crippen molar-refractivity contribution in [1.82, 2.24) is 0 Å². The molecule has 0 saturated carbocycles. The number of rotatable bonds is 3. The topological polar surface area (TPSA) is 26.3 Å². The van der Waals surface area contributed by atoms with Crippen LogP contribution in [0.2, 0.25) is 0 Å². The van der Waals surface area contributed by atoms with Gasteiger partial charge in [0.15, 0.2) is 0 Å². The Morgan fingerprint density at radius 2 is 2.50 bits per heavy atom. The van der Waals surface area contributed by atoms with Crippen molar-refractivity contribution >= 4 is 29.6 Å². The molecule has 0 aliphatic carbocycles. The minimum absolute atomic E-state index is 0.554. The van der Waals surface area contributed by atoms with Gasteiger partial charge >= 0.3 is 0 Å². The summed E-state index contributed by atoms with van der Waals surface area (Å²) < 4.78 is 16.6. The highest BCUT2D eigenvalue weighted by atomic mass is 35.5. The van der Waals surface area contributed by atoms with Gasteiger partial charge in [0.2, 0.25) is 0 Å². The van der Waals surface area contributed by atoms with Gasteiger partial charge in [0.25, 0.3) is 6.57 Å². The van der Waals surface area contributed by atoms with Crippen LogP contribution < -0.4 is 0 Å². The van der Waals surface area contributed by atoms with Gasteiger partial charge < -0.3 is 4.52 Å². The van der Waals surface area contributed by atoms with Gasteiger partial charge in [0.05, 0.1) is 6.61 Å². The van der Waals surface area contributed by atoms with E-state index in [1.54, 1.807) is 0 Å². The van der Waals surface area contributed by atoms with E-state index in [0.717, 1.165) is 18.3 Å². The minimum atomic E-state index is -2.25. The zero-order valence-corrected chi connectivity index (χ0v) is 8.05. The van der Waals surface area contributed by atoms with Gasteiger partial charge in [-0.05, 0) is 6.42 Å². The molecular formula is C5H10ClO2PS. The summed E-state index contributed by atoms with van der Waals surface area (Å²) in [7, 11) is 0.